The van der Waals surface area contributed by atoms with E-state index in [1.165, 1.54) is 27.7 Å². The van der Waals surface area contributed by atoms with Gasteiger partial charge >= 0.3 is 11.9 Å². The predicted molar refractivity (Wildman–Crippen MR) is 156 cm³/mol. The number of rotatable bonds is 20. The van der Waals surface area contributed by atoms with Gasteiger partial charge in [0.1, 0.15) is 29.7 Å². The lowest BCUT2D eigenvalue weighted by Gasteiger charge is -2.29. The Bertz CT molecular complexity index is 1000. The molecule has 0 bridgehead atoms. The van der Waals surface area contributed by atoms with E-state index in [1.54, 1.807) is 0 Å². The average molecular weight is 616 g/mol. The van der Waals surface area contributed by atoms with Crippen molar-refractivity contribution in [3.8, 4) is 0 Å². The number of carboxylic acids is 2. The smallest absolute Gasteiger partial charge is 0.326 e. The highest BCUT2D eigenvalue weighted by atomic mass is 16.4. The van der Waals surface area contributed by atoms with Crippen LogP contribution in [0.1, 0.15) is 80.1 Å². The number of nitrogens with one attached hydrogen (secondary N) is 5. The quantitative estimate of drug-likeness (QED) is 0.0697. The van der Waals surface area contributed by atoms with Crippen LogP contribution < -0.4 is 38.1 Å². The molecule has 0 aromatic carbocycles. The summed E-state index contributed by atoms with van der Waals surface area (Å²) in [5, 5.41) is 30.5. The Morgan fingerprint density at radius 1 is 0.721 bits per heavy atom. The first-order valence-electron chi connectivity index (χ1n) is 14.3. The highest BCUT2D eigenvalue weighted by Crippen LogP contribution is 2.08. The van der Waals surface area contributed by atoms with Crippen molar-refractivity contribution >= 4 is 41.5 Å². The van der Waals surface area contributed by atoms with Crippen LogP contribution in [0.4, 0.5) is 0 Å². The molecule has 0 saturated heterocycles. The Kier molecular flexibility index (Phi) is 17.0. The van der Waals surface area contributed by atoms with E-state index in [0.29, 0.717) is 25.8 Å². The molecule has 0 aliphatic rings. The van der Waals surface area contributed by atoms with Gasteiger partial charge in [0.15, 0.2) is 0 Å². The molecule has 246 valence electrons. The minimum Gasteiger partial charge on any atom is -0.481 e. The monoisotopic (exact) mass is 615 g/mol. The zero-order valence-electron chi connectivity index (χ0n) is 25.8. The summed E-state index contributed by atoms with van der Waals surface area (Å²) >= 11 is 0. The van der Waals surface area contributed by atoms with Crippen molar-refractivity contribution in [2.24, 2.45) is 17.4 Å². The van der Waals surface area contributed by atoms with E-state index >= 15 is 0 Å². The van der Waals surface area contributed by atoms with Crippen molar-refractivity contribution in [3.63, 3.8) is 0 Å². The van der Waals surface area contributed by atoms with E-state index in [2.05, 4.69) is 26.6 Å². The van der Waals surface area contributed by atoms with E-state index in [9.17, 15) is 38.7 Å². The summed E-state index contributed by atoms with van der Waals surface area (Å²) in [6.45, 7) is 9.63. The first-order chi connectivity index (χ1) is 19.8. The van der Waals surface area contributed by atoms with Gasteiger partial charge in [-0.15, -0.1) is 0 Å². The molecule has 5 atom stereocenters. The molecule has 0 rings (SSSR count). The Morgan fingerprint density at radius 3 is 1.74 bits per heavy atom. The number of carboxylic acid groups (broad SMARTS) is 2. The normalized spacial score (nSPS) is 14.8. The van der Waals surface area contributed by atoms with Gasteiger partial charge in [-0.2, -0.15) is 0 Å². The van der Waals surface area contributed by atoms with Crippen molar-refractivity contribution in [1.29, 1.82) is 0 Å². The summed E-state index contributed by atoms with van der Waals surface area (Å²) in [6.07, 6.45) is 0.712. The van der Waals surface area contributed by atoms with Crippen molar-refractivity contribution in [3.05, 3.63) is 0 Å². The Balaban J connectivity index is 5.37. The summed E-state index contributed by atoms with van der Waals surface area (Å²) in [7, 11) is 0. The van der Waals surface area contributed by atoms with Gasteiger partial charge in [0.25, 0.3) is 0 Å². The third-order valence-electron chi connectivity index (χ3n) is 6.40. The molecule has 0 aromatic heterocycles. The second kappa shape index (κ2) is 18.7. The van der Waals surface area contributed by atoms with Crippen LogP contribution in [0.2, 0.25) is 0 Å². The molecule has 5 amide bonds. The minimum absolute atomic E-state index is 0.130. The topological polar surface area (TPSA) is 272 Å². The van der Waals surface area contributed by atoms with Gasteiger partial charge in [0.05, 0.1) is 6.04 Å². The highest BCUT2D eigenvalue weighted by Gasteiger charge is 2.34. The van der Waals surface area contributed by atoms with Crippen LogP contribution >= 0.6 is 0 Å². The average Bonchev–Trinajstić information content (AvgIpc) is 2.88. The van der Waals surface area contributed by atoms with Crippen LogP contribution in [-0.2, 0) is 33.6 Å². The second-order valence-corrected chi connectivity index (χ2v) is 11.5. The largest absolute Gasteiger partial charge is 0.481 e. The van der Waals surface area contributed by atoms with Gasteiger partial charge in [-0.25, -0.2) is 4.79 Å². The SMILES string of the molecule is CC(C)CC(N)C(=O)NC(C)(C)C(=O)NC(C)C(=O)NC(CCC(=O)O)C(=O)NC(C)C(=O)NC(CCCCN)C(=O)O. The minimum atomic E-state index is -1.44. The van der Waals surface area contributed by atoms with Crippen LogP contribution in [0.5, 0.6) is 0 Å². The number of carbonyl (C=O) groups is 7. The number of aliphatic carboxylic acids is 2. The highest BCUT2D eigenvalue weighted by molar-refractivity contribution is 5.97. The molecule has 0 aliphatic carbocycles. The maximum absolute atomic E-state index is 12.9. The second-order valence-electron chi connectivity index (χ2n) is 11.5. The fourth-order valence-corrected chi connectivity index (χ4v) is 3.77. The first kappa shape index (κ1) is 39.2. The van der Waals surface area contributed by atoms with E-state index < -0.39 is 83.6 Å². The fraction of sp³-hybridized carbons (Fsp3) is 0.741. The molecular weight excluding hydrogens is 566 g/mol. The van der Waals surface area contributed by atoms with Gasteiger partial charge in [-0.05, 0) is 72.3 Å². The number of unbranched alkanes of at least 4 members (excludes halogenated alkanes) is 1. The van der Waals surface area contributed by atoms with Gasteiger partial charge in [0.2, 0.25) is 29.5 Å². The number of nitrogens with two attached hydrogens (primary N) is 2. The number of hydrogen-bond donors (Lipinski definition) is 9. The van der Waals surface area contributed by atoms with Crippen LogP contribution in [0, 0.1) is 5.92 Å². The number of carbonyl (C=O) groups excluding carboxylic acids is 5. The van der Waals surface area contributed by atoms with E-state index in [1.807, 2.05) is 13.8 Å². The van der Waals surface area contributed by atoms with E-state index in [-0.39, 0.29) is 18.8 Å². The zero-order valence-corrected chi connectivity index (χ0v) is 25.8. The summed E-state index contributed by atoms with van der Waals surface area (Å²) < 4.78 is 0. The molecule has 0 radical (unpaired) electrons. The summed E-state index contributed by atoms with van der Waals surface area (Å²) in [4.78, 5) is 86.2. The molecule has 0 saturated carbocycles. The van der Waals surface area contributed by atoms with Gasteiger partial charge in [0, 0.05) is 6.42 Å². The number of hydrogen-bond acceptors (Lipinski definition) is 9. The first-order valence-corrected chi connectivity index (χ1v) is 14.3. The van der Waals surface area contributed by atoms with Crippen LogP contribution in [0.15, 0.2) is 0 Å². The number of amides is 5. The molecule has 0 aromatic rings. The van der Waals surface area contributed by atoms with Crippen LogP contribution in [0.3, 0.4) is 0 Å². The lowest BCUT2D eigenvalue weighted by atomic mass is 10.00. The summed E-state index contributed by atoms with van der Waals surface area (Å²) in [5.74, 6) is -6.12. The maximum Gasteiger partial charge on any atom is 0.326 e. The third-order valence-corrected chi connectivity index (χ3v) is 6.40. The van der Waals surface area contributed by atoms with Crippen LogP contribution in [0.25, 0.3) is 0 Å². The van der Waals surface area contributed by atoms with E-state index in [4.69, 9.17) is 16.6 Å². The van der Waals surface area contributed by atoms with E-state index in [0.717, 1.165) is 0 Å². The molecule has 0 fully saturated rings. The predicted octanol–water partition coefficient (Wildman–Crippen LogP) is -1.69. The molecule has 0 aliphatic heterocycles. The van der Waals surface area contributed by atoms with Gasteiger partial charge < -0.3 is 48.3 Å². The molecular formula is C27H49N7O9. The lowest BCUT2D eigenvalue weighted by Crippen LogP contribution is -2.61. The maximum atomic E-state index is 12.9. The molecule has 16 nitrogen and oxygen atoms in total. The summed E-state index contributed by atoms with van der Waals surface area (Å²) in [5.41, 5.74) is 9.85. The van der Waals surface area contributed by atoms with Crippen LogP contribution in [-0.4, -0.2) is 94.0 Å². The van der Waals surface area contributed by atoms with Crippen molar-refractivity contribution in [2.45, 2.75) is 116 Å². The Labute approximate surface area is 251 Å². The molecule has 0 spiro atoms. The Hall–Kier alpha value is -3.79. The summed E-state index contributed by atoms with van der Waals surface area (Å²) in [6, 6.07) is -5.88. The third kappa shape index (κ3) is 15.3. The van der Waals surface area contributed by atoms with Crippen molar-refractivity contribution < 1.29 is 43.8 Å². The Morgan fingerprint density at radius 2 is 1.26 bits per heavy atom. The molecule has 11 N–H and O–H groups in total. The lowest BCUT2D eigenvalue weighted by molar-refractivity contribution is -0.142. The van der Waals surface area contributed by atoms with Crippen molar-refractivity contribution in [1.82, 2.24) is 26.6 Å². The van der Waals surface area contributed by atoms with Gasteiger partial charge in [-0.1, -0.05) is 13.8 Å². The standard InChI is InChI=1S/C27H49N7O9/c1-14(2)13-17(29)23(39)34-27(5,6)26(43)31-16(4)22(38)32-18(10-11-20(35)36)24(40)30-15(3)21(37)33-19(25(41)42)9-7-8-12-28/h14-19H,7-13,28-29H2,1-6H3,(H,30,40)(H,31,43)(H,32,38)(H,33,37)(H,34,39)(H,35,36)(H,41,42). The van der Waals surface area contributed by atoms with Gasteiger partial charge in [-0.3, -0.25) is 28.8 Å². The molecule has 16 heteroatoms. The fourth-order valence-electron chi connectivity index (χ4n) is 3.77. The molecule has 0 heterocycles. The zero-order chi connectivity index (χ0) is 33.5. The van der Waals surface area contributed by atoms with Crippen molar-refractivity contribution in [2.75, 3.05) is 6.54 Å². The molecule has 5 unspecified atom stereocenters. The molecule has 43 heavy (non-hydrogen) atoms.